The first kappa shape index (κ1) is 23.2. The average Bonchev–Trinajstić information content (AvgIpc) is 2.62. The lowest BCUT2D eigenvalue weighted by atomic mass is 10.2. The molecule has 2 amide bonds. The van der Waals surface area contributed by atoms with Gasteiger partial charge >= 0.3 is 6.18 Å². The molecular formula is C17H24ClF3N4O2. The number of hydrogen-bond acceptors (Lipinski definition) is 4. The van der Waals surface area contributed by atoms with Gasteiger partial charge in [-0.3, -0.25) is 14.5 Å². The summed E-state index contributed by atoms with van der Waals surface area (Å²) in [6.45, 7) is 2.37. The molecule has 2 unspecified atom stereocenters. The summed E-state index contributed by atoms with van der Waals surface area (Å²) in [5.74, 6) is -1.11. The van der Waals surface area contributed by atoms with E-state index in [1.807, 2.05) is 0 Å². The van der Waals surface area contributed by atoms with E-state index < -0.39 is 36.6 Å². The number of nitrogens with zero attached hydrogens (tertiary/aromatic N) is 1. The topological polar surface area (TPSA) is 73.5 Å². The Kier molecular flexibility index (Phi) is 9.01. The fourth-order valence-corrected chi connectivity index (χ4v) is 2.73. The monoisotopic (exact) mass is 408 g/mol. The molecule has 0 bridgehead atoms. The molecule has 3 N–H and O–H groups in total. The molecule has 2 atom stereocenters. The van der Waals surface area contributed by atoms with Gasteiger partial charge < -0.3 is 16.0 Å². The van der Waals surface area contributed by atoms with Crippen LogP contribution in [0.5, 0.6) is 0 Å². The molecule has 6 nitrogen and oxygen atoms in total. The van der Waals surface area contributed by atoms with Crippen LogP contribution in [0.15, 0.2) is 30.3 Å². The maximum atomic E-state index is 13.3. The van der Waals surface area contributed by atoms with Crippen molar-refractivity contribution in [2.24, 2.45) is 0 Å². The Balaban J connectivity index is 0.00000364. The third-order valence-corrected chi connectivity index (χ3v) is 4.22. The summed E-state index contributed by atoms with van der Waals surface area (Å²) >= 11 is 0. The van der Waals surface area contributed by atoms with E-state index in [1.165, 1.54) is 11.8 Å². The molecule has 0 aliphatic carbocycles. The minimum Gasteiger partial charge on any atom is -0.352 e. The van der Waals surface area contributed by atoms with Crippen LogP contribution in [0, 0.1) is 0 Å². The molecule has 1 aliphatic rings. The Morgan fingerprint density at radius 2 is 1.78 bits per heavy atom. The Labute approximate surface area is 162 Å². The number of benzene rings is 1. The van der Waals surface area contributed by atoms with Gasteiger partial charge in [-0.15, -0.1) is 12.4 Å². The molecule has 1 fully saturated rings. The quantitative estimate of drug-likeness (QED) is 0.661. The van der Waals surface area contributed by atoms with Crippen LogP contribution in [0.1, 0.15) is 17.3 Å². The van der Waals surface area contributed by atoms with Gasteiger partial charge in [-0.2, -0.15) is 13.2 Å². The van der Waals surface area contributed by atoms with Gasteiger partial charge in [-0.05, 0) is 19.1 Å². The first-order chi connectivity index (χ1) is 12.3. The summed E-state index contributed by atoms with van der Waals surface area (Å²) in [4.78, 5) is 25.4. The summed E-state index contributed by atoms with van der Waals surface area (Å²) in [6, 6.07) is 5.60. The van der Waals surface area contributed by atoms with E-state index in [4.69, 9.17) is 0 Å². The number of piperazine rings is 1. The molecule has 27 heavy (non-hydrogen) atoms. The highest BCUT2D eigenvalue weighted by Gasteiger charge is 2.44. The van der Waals surface area contributed by atoms with Gasteiger partial charge in [-0.25, -0.2) is 0 Å². The highest BCUT2D eigenvalue weighted by atomic mass is 35.5. The van der Waals surface area contributed by atoms with Crippen LogP contribution in [0.25, 0.3) is 0 Å². The molecule has 152 valence electrons. The van der Waals surface area contributed by atoms with E-state index in [0.29, 0.717) is 18.7 Å². The van der Waals surface area contributed by atoms with Crippen molar-refractivity contribution in [1.82, 2.24) is 20.9 Å². The zero-order valence-corrected chi connectivity index (χ0v) is 15.7. The summed E-state index contributed by atoms with van der Waals surface area (Å²) < 4.78 is 39.9. The highest BCUT2D eigenvalue weighted by Crippen LogP contribution is 2.24. The summed E-state index contributed by atoms with van der Waals surface area (Å²) in [5.41, 5.74) is 0.376. The number of amides is 2. The van der Waals surface area contributed by atoms with Crippen molar-refractivity contribution in [3.05, 3.63) is 35.9 Å². The Morgan fingerprint density at radius 3 is 2.33 bits per heavy atom. The number of halogens is 4. The molecular weight excluding hydrogens is 385 g/mol. The third-order valence-electron chi connectivity index (χ3n) is 4.22. The molecule has 1 saturated heterocycles. The lowest BCUT2D eigenvalue weighted by molar-refractivity contribution is -0.184. The molecule has 10 heteroatoms. The molecule has 0 saturated carbocycles. The Hall–Kier alpha value is -1.84. The third kappa shape index (κ3) is 7.00. The molecule has 1 heterocycles. The molecule has 0 radical (unpaired) electrons. The van der Waals surface area contributed by atoms with Crippen molar-refractivity contribution in [1.29, 1.82) is 0 Å². The predicted octanol–water partition coefficient (Wildman–Crippen LogP) is 1.18. The minimum atomic E-state index is -4.44. The maximum Gasteiger partial charge on any atom is 0.405 e. The number of rotatable bonds is 6. The van der Waals surface area contributed by atoms with Crippen LogP contribution in [0.4, 0.5) is 13.2 Å². The van der Waals surface area contributed by atoms with Crippen molar-refractivity contribution in [2.75, 3.05) is 32.7 Å². The Morgan fingerprint density at radius 1 is 1.19 bits per heavy atom. The van der Waals surface area contributed by atoms with Crippen molar-refractivity contribution in [3.63, 3.8) is 0 Å². The molecule has 0 aromatic heterocycles. The largest absolute Gasteiger partial charge is 0.405 e. The fourth-order valence-electron chi connectivity index (χ4n) is 2.73. The second kappa shape index (κ2) is 10.5. The molecule has 1 aromatic carbocycles. The van der Waals surface area contributed by atoms with Crippen LogP contribution >= 0.6 is 12.4 Å². The van der Waals surface area contributed by atoms with Gasteiger partial charge in [0.2, 0.25) is 5.91 Å². The first-order valence-electron chi connectivity index (χ1n) is 8.44. The summed E-state index contributed by atoms with van der Waals surface area (Å²) in [7, 11) is 0. The predicted molar refractivity (Wildman–Crippen MR) is 97.9 cm³/mol. The standard InChI is InChI=1S/C17H23F3N4O2.ClH/c1-12(23-16(26)13-5-3-2-4-6-13)15(25)22-11-14(17(18,19)20)24-9-7-21-8-10-24;/h2-6,12,14,21H,7-11H2,1H3,(H,22,25)(H,23,26);1H. The molecule has 1 aliphatic heterocycles. The van der Waals surface area contributed by atoms with Gasteiger partial charge in [-0.1, -0.05) is 18.2 Å². The Bertz CT molecular complexity index is 610. The van der Waals surface area contributed by atoms with Crippen molar-refractivity contribution in [2.45, 2.75) is 25.2 Å². The van der Waals surface area contributed by atoms with Crippen molar-refractivity contribution in [3.8, 4) is 0 Å². The van der Waals surface area contributed by atoms with Gasteiger partial charge in [0, 0.05) is 38.3 Å². The number of hydrogen-bond donors (Lipinski definition) is 3. The average molecular weight is 409 g/mol. The van der Waals surface area contributed by atoms with E-state index in [2.05, 4.69) is 16.0 Å². The number of carbonyl (C=O) groups is 2. The lowest BCUT2D eigenvalue weighted by Crippen LogP contribution is -2.58. The summed E-state index contributed by atoms with van der Waals surface area (Å²) in [6.07, 6.45) is -4.44. The van der Waals surface area contributed by atoms with Gasteiger partial charge in [0.25, 0.3) is 5.91 Å². The SMILES string of the molecule is CC(NC(=O)c1ccccc1)C(=O)NCC(N1CCNCC1)C(F)(F)F.Cl. The minimum absolute atomic E-state index is 0. The smallest absolute Gasteiger partial charge is 0.352 e. The molecule has 0 spiro atoms. The lowest BCUT2D eigenvalue weighted by Gasteiger charge is -2.36. The number of nitrogens with one attached hydrogen (secondary N) is 3. The fraction of sp³-hybridized carbons (Fsp3) is 0.529. The van der Waals surface area contributed by atoms with Crippen molar-refractivity contribution < 1.29 is 22.8 Å². The van der Waals surface area contributed by atoms with Crippen molar-refractivity contribution >= 4 is 24.2 Å². The second-order valence-electron chi connectivity index (χ2n) is 6.15. The van der Waals surface area contributed by atoms with Gasteiger partial charge in [0.05, 0.1) is 0 Å². The second-order valence-corrected chi connectivity index (χ2v) is 6.15. The highest BCUT2D eigenvalue weighted by molar-refractivity contribution is 5.97. The molecule has 1 aromatic rings. The van der Waals surface area contributed by atoms with E-state index in [0.717, 1.165) is 0 Å². The molecule has 2 rings (SSSR count). The van der Waals surface area contributed by atoms with E-state index in [-0.39, 0.29) is 25.5 Å². The summed E-state index contributed by atoms with van der Waals surface area (Å²) in [5, 5.41) is 7.79. The van der Waals surface area contributed by atoms with Gasteiger partial charge in [0.1, 0.15) is 12.1 Å². The first-order valence-corrected chi connectivity index (χ1v) is 8.44. The van der Waals surface area contributed by atoms with Crippen LogP contribution in [0.3, 0.4) is 0 Å². The number of carbonyl (C=O) groups excluding carboxylic acids is 2. The van der Waals surface area contributed by atoms with E-state index in [1.54, 1.807) is 30.3 Å². The van der Waals surface area contributed by atoms with E-state index >= 15 is 0 Å². The van der Waals surface area contributed by atoms with E-state index in [9.17, 15) is 22.8 Å². The van der Waals surface area contributed by atoms with Crippen LogP contribution < -0.4 is 16.0 Å². The zero-order valence-electron chi connectivity index (χ0n) is 14.9. The van der Waals surface area contributed by atoms with Crippen LogP contribution in [-0.4, -0.2) is 67.7 Å². The van der Waals surface area contributed by atoms with Crippen LogP contribution in [0.2, 0.25) is 0 Å². The normalized spacial score (nSPS) is 17.3. The number of alkyl halides is 3. The van der Waals surface area contributed by atoms with Crippen LogP contribution in [-0.2, 0) is 4.79 Å². The van der Waals surface area contributed by atoms with Gasteiger partial charge in [0.15, 0.2) is 0 Å². The maximum absolute atomic E-state index is 13.3. The zero-order chi connectivity index (χ0) is 19.2.